The van der Waals surface area contributed by atoms with Crippen LogP contribution in [0.4, 0.5) is 23.2 Å². The third-order valence-corrected chi connectivity index (χ3v) is 2.72. The van der Waals surface area contributed by atoms with Crippen LogP contribution in [0.2, 0.25) is 0 Å². The van der Waals surface area contributed by atoms with Gasteiger partial charge in [0.1, 0.15) is 11.4 Å². The Morgan fingerprint density at radius 3 is 2.48 bits per heavy atom. The number of alkyl halides is 3. The van der Waals surface area contributed by atoms with Gasteiger partial charge in [-0.2, -0.15) is 13.2 Å². The Morgan fingerprint density at radius 1 is 1.29 bits per heavy atom. The molecule has 21 heavy (non-hydrogen) atoms. The van der Waals surface area contributed by atoms with Gasteiger partial charge in [0.05, 0.1) is 11.3 Å². The van der Waals surface area contributed by atoms with Gasteiger partial charge in [-0.15, -0.1) is 0 Å². The smallest absolute Gasteiger partial charge is 0.418 e. The highest BCUT2D eigenvalue weighted by Crippen LogP contribution is 2.36. The monoisotopic (exact) mass is 300 g/mol. The maximum Gasteiger partial charge on any atom is 0.418 e. The molecule has 0 radical (unpaired) electrons. The summed E-state index contributed by atoms with van der Waals surface area (Å²) < 4.78 is 52.4. The summed E-state index contributed by atoms with van der Waals surface area (Å²) in [4.78, 5) is 14.4. The molecular formula is C13H8F4N2O2. The van der Waals surface area contributed by atoms with E-state index in [4.69, 9.17) is 10.8 Å². The predicted octanol–water partition coefficient (Wildman–Crippen LogP) is 3.19. The molecule has 0 unspecified atom stereocenters. The molecule has 8 heteroatoms. The number of carboxylic acid groups (broad SMARTS) is 1. The molecule has 0 spiro atoms. The van der Waals surface area contributed by atoms with Crippen molar-refractivity contribution in [2.75, 3.05) is 5.73 Å². The fraction of sp³-hybridized carbons (Fsp3) is 0.0769. The number of nitrogens with zero attached hydrogens (tertiary/aromatic N) is 1. The van der Waals surface area contributed by atoms with Crippen molar-refractivity contribution in [3.8, 4) is 11.3 Å². The number of benzene rings is 1. The molecule has 1 heterocycles. The van der Waals surface area contributed by atoms with E-state index in [1.807, 2.05) is 0 Å². The summed E-state index contributed by atoms with van der Waals surface area (Å²) in [5, 5.41) is 8.78. The lowest BCUT2D eigenvalue weighted by Crippen LogP contribution is -2.10. The second-order valence-electron chi connectivity index (χ2n) is 4.12. The summed E-state index contributed by atoms with van der Waals surface area (Å²) in [6.07, 6.45) is -3.57. The molecule has 0 aliphatic carbocycles. The number of anilines is 1. The summed E-state index contributed by atoms with van der Waals surface area (Å²) in [5.74, 6) is -2.83. The van der Waals surface area contributed by atoms with Crippen LogP contribution in [0.25, 0.3) is 11.3 Å². The van der Waals surface area contributed by atoms with Gasteiger partial charge >= 0.3 is 12.1 Å². The van der Waals surface area contributed by atoms with Crippen LogP contribution in [-0.2, 0) is 6.18 Å². The first-order chi connectivity index (χ1) is 9.71. The van der Waals surface area contributed by atoms with Crippen LogP contribution in [-0.4, -0.2) is 16.1 Å². The van der Waals surface area contributed by atoms with Crippen molar-refractivity contribution in [2.45, 2.75) is 6.18 Å². The van der Waals surface area contributed by atoms with E-state index in [1.54, 1.807) is 0 Å². The summed E-state index contributed by atoms with van der Waals surface area (Å²) in [6.45, 7) is 0. The molecule has 4 nitrogen and oxygen atoms in total. The van der Waals surface area contributed by atoms with Gasteiger partial charge in [-0.3, -0.25) is 4.98 Å². The third kappa shape index (κ3) is 2.78. The zero-order chi connectivity index (χ0) is 15.8. The van der Waals surface area contributed by atoms with Gasteiger partial charge in [-0.05, 0) is 24.3 Å². The summed E-state index contributed by atoms with van der Waals surface area (Å²) >= 11 is 0. The van der Waals surface area contributed by atoms with Crippen molar-refractivity contribution in [3.63, 3.8) is 0 Å². The molecule has 0 amide bonds. The Kier molecular flexibility index (Phi) is 3.54. The molecule has 110 valence electrons. The van der Waals surface area contributed by atoms with Crippen LogP contribution in [0, 0.1) is 5.82 Å². The van der Waals surface area contributed by atoms with Gasteiger partial charge in [0.25, 0.3) is 0 Å². The molecular weight excluding hydrogens is 292 g/mol. The maximum atomic E-state index is 13.7. The van der Waals surface area contributed by atoms with E-state index < -0.39 is 40.5 Å². The molecule has 0 saturated carbocycles. The first-order valence-corrected chi connectivity index (χ1v) is 5.56. The number of hydrogen-bond acceptors (Lipinski definition) is 3. The molecule has 2 rings (SSSR count). The van der Waals surface area contributed by atoms with E-state index in [2.05, 4.69) is 4.98 Å². The Balaban J connectivity index is 2.67. The van der Waals surface area contributed by atoms with E-state index in [-0.39, 0.29) is 5.56 Å². The third-order valence-electron chi connectivity index (χ3n) is 2.72. The highest BCUT2D eigenvalue weighted by Gasteiger charge is 2.34. The molecule has 3 N–H and O–H groups in total. The van der Waals surface area contributed by atoms with Gasteiger partial charge in [-0.1, -0.05) is 0 Å². The standard InChI is InChI=1S/C13H8F4N2O2/c14-8-4-6(5-9(18)10(8)12(20)21)11-7(13(15,16)17)2-1-3-19-11/h1-5H,18H2,(H,20,21). The molecule has 1 aromatic heterocycles. The Bertz CT molecular complexity index is 691. The van der Waals surface area contributed by atoms with E-state index in [0.717, 1.165) is 24.4 Å². The van der Waals surface area contributed by atoms with E-state index in [1.165, 1.54) is 0 Å². The summed E-state index contributed by atoms with van der Waals surface area (Å²) in [7, 11) is 0. The van der Waals surface area contributed by atoms with Gasteiger partial charge in [0.15, 0.2) is 0 Å². The van der Waals surface area contributed by atoms with Crippen LogP contribution < -0.4 is 5.73 Å². The zero-order valence-electron chi connectivity index (χ0n) is 10.3. The molecule has 0 bridgehead atoms. The van der Waals surface area contributed by atoms with E-state index >= 15 is 0 Å². The van der Waals surface area contributed by atoms with Crippen molar-refractivity contribution in [3.05, 3.63) is 47.4 Å². The fourth-order valence-corrected chi connectivity index (χ4v) is 1.85. The Labute approximate surface area is 115 Å². The van der Waals surface area contributed by atoms with Crippen molar-refractivity contribution >= 4 is 11.7 Å². The number of carbonyl (C=O) groups is 1. The number of carboxylic acids is 1. The normalized spacial score (nSPS) is 11.4. The Hall–Kier alpha value is -2.64. The largest absolute Gasteiger partial charge is 0.478 e. The van der Waals surface area contributed by atoms with Crippen molar-refractivity contribution in [1.82, 2.24) is 4.98 Å². The minimum atomic E-state index is -4.68. The highest BCUT2D eigenvalue weighted by atomic mass is 19.4. The molecule has 0 aliphatic rings. The van der Waals surface area contributed by atoms with E-state index in [0.29, 0.717) is 6.07 Å². The number of aromatic nitrogens is 1. The van der Waals surface area contributed by atoms with Crippen LogP contribution in [0.3, 0.4) is 0 Å². The quantitative estimate of drug-likeness (QED) is 0.659. The average molecular weight is 300 g/mol. The molecule has 1 aromatic carbocycles. The predicted molar refractivity (Wildman–Crippen MR) is 66.0 cm³/mol. The van der Waals surface area contributed by atoms with Crippen LogP contribution >= 0.6 is 0 Å². The molecule has 0 atom stereocenters. The second kappa shape index (κ2) is 5.04. The lowest BCUT2D eigenvalue weighted by Gasteiger charge is -2.13. The minimum Gasteiger partial charge on any atom is -0.478 e. The lowest BCUT2D eigenvalue weighted by molar-refractivity contribution is -0.137. The molecule has 0 aliphatic heterocycles. The summed E-state index contributed by atoms with van der Waals surface area (Å²) in [5.41, 5.74) is 2.29. The summed E-state index contributed by atoms with van der Waals surface area (Å²) in [6, 6.07) is 3.50. The number of hydrogen-bond donors (Lipinski definition) is 2. The molecule has 0 fully saturated rings. The van der Waals surface area contributed by atoms with Gasteiger partial charge < -0.3 is 10.8 Å². The number of rotatable bonds is 2. The second-order valence-corrected chi connectivity index (χ2v) is 4.12. The van der Waals surface area contributed by atoms with Crippen LogP contribution in [0.1, 0.15) is 15.9 Å². The van der Waals surface area contributed by atoms with Crippen molar-refractivity contribution in [2.24, 2.45) is 0 Å². The highest BCUT2D eigenvalue weighted by molar-refractivity contribution is 5.95. The van der Waals surface area contributed by atoms with Gasteiger partial charge in [0.2, 0.25) is 0 Å². The molecule has 0 saturated heterocycles. The average Bonchev–Trinajstić information content (AvgIpc) is 2.36. The first kappa shape index (κ1) is 14.8. The Morgan fingerprint density at radius 2 is 1.95 bits per heavy atom. The van der Waals surface area contributed by atoms with Crippen LogP contribution in [0.5, 0.6) is 0 Å². The van der Waals surface area contributed by atoms with Gasteiger partial charge in [0, 0.05) is 17.4 Å². The SMILES string of the molecule is Nc1cc(-c2ncccc2C(F)(F)F)cc(F)c1C(=O)O. The maximum absolute atomic E-state index is 13.7. The number of nitrogen functional groups attached to an aromatic ring is 1. The van der Waals surface area contributed by atoms with Gasteiger partial charge in [-0.25, -0.2) is 9.18 Å². The fourth-order valence-electron chi connectivity index (χ4n) is 1.85. The van der Waals surface area contributed by atoms with Crippen molar-refractivity contribution < 1.29 is 27.5 Å². The van der Waals surface area contributed by atoms with E-state index in [9.17, 15) is 22.4 Å². The zero-order valence-corrected chi connectivity index (χ0v) is 10.3. The number of aromatic carboxylic acids is 1. The topological polar surface area (TPSA) is 76.2 Å². The number of halogens is 4. The number of nitrogens with two attached hydrogens (primary N) is 1. The number of pyridine rings is 1. The first-order valence-electron chi connectivity index (χ1n) is 5.56. The molecule has 2 aromatic rings. The van der Waals surface area contributed by atoms with Crippen molar-refractivity contribution in [1.29, 1.82) is 0 Å². The lowest BCUT2D eigenvalue weighted by atomic mass is 10.0. The minimum absolute atomic E-state index is 0.247. The van der Waals surface area contributed by atoms with Crippen LogP contribution in [0.15, 0.2) is 30.5 Å².